The molecular weight excluding hydrogens is 252 g/mol. The van der Waals surface area contributed by atoms with Crippen LogP contribution in [0.25, 0.3) is 6.08 Å². The number of nitrogens with two attached hydrogens (primary N) is 1. The highest BCUT2D eigenvalue weighted by atomic mass is 32.2. The van der Waals surface area contributed by atoms with Gasteiger partial charge in [-0.1, -0.05) is 66.4 Å². The number of hydrogen-bond donors (Lipinski definition) is 1. The Hall–Kier alpha value is -1.84. The second-order valence-corrected chi connectivity index (χ2v) is 4.93. The molecule has 0 spiro atoms. The van der Waals surface area contributed by atoms with Crippen LogP contribution in [0.2, 0.25) is 0 Å². The summed E-state index contributed by atoms with van der Waals surface area (Å²) in [5, 5.41) is 0.914. The molecule has 0 fully saturated rings. The van der Waals surface area contributed by atoms with E-state index in [-0.39, 0.29) is 0 Å². The van der Waals surface area contributed by atoms with Crippen LogP contribution in [0.4, 0.5) is 0 Å². The molecule has 2 nitrogen and oxygen atoms in total. The van der Waals surface area contributed by atoms with Gasteiger partial charge in [-0.2, -0.15) is 0 Å². The predicted molar refractivity (Wildman–Crippen MR) is 84.3 cm³/mol. The third-order valence-corrected chi connectivity index (χ3v) is 3.41. The van der Waals surface area contributed by atoms with Crippen molar-refractivity contribution < 1.29 is 0 Å². The van der Waals surface area contributed by atoms with Crippen LogP contribution < -0.4 is 5.73 Å². The molecule has 0 aromatic heterocycles. The fourth-order valence-electron chi connectivity index (χ4n) is 1.55. The monoisotopic (exact) mass is 268 g/mol. The first kappa shape index (κ1) is 13.6. The largest absolute Gasteiger partial charge is 0.312 e. The molecular formula is C16H16N2S. The van der Waals surface area contributed by atoms with E-state index < -0.39 is 0 Å². The van der Waals surface area contributed by atoms with Gasteiger partial charge < -0.3 is 5.73 Å². The molecule has 0 saturated heterocycles. The van der Waals surface area contributed by atoms with E-state index in [1.807, 2.05) is 48.6 Å². The highest BCUT2D eigenvalue weighted by Crippen LogP contribution is 2.20. The summed E-state index contributed by atoms with van der Waals surface area (Å²) in [6.45, 7) is 0.300. The van der Waals surface area contributed by atoms with Gasteiger partial charge in [-0.15, -0.1) is 0 Å². The van der Waals surface area contributed by atoms with Crippen LogP contribution in [0.3, 0.4) is 0 Å². The third kappa shape index (κ3) is 4.73. The van der Waals surface area contributed by atoms with Gasteiger partial charge in [-0.05, 0) is 23.8 Å². The molecule has 2 rings (SSSR count). The number of thioether (sulfide) groups is 1. The van der Waals surface area contributed by atoms with E-state index >= 15 is 0 Å². The standard InChI is InChI=1S/C16H16N2S/c17-13-18-16(19-15-9-5-2-6-10-15)12-11-14-7-3-1-4-8-14/h1-12H,13,17H2/b12-11+,18-16+. The van der Waals surface area contributed by atoms with Crippen molar-refractivity contribution in [2.75, 3.05) is 6.67 Å². The average Bonchev–Trinajstić information content (AvgIpc) is 2.47. The third-order valence-electron chi connectivity index (χ3n) is 2.43. The fourth-order valence-corrected chi connectivity index (χ4v) is 2.36. The van der Waals surface area contributed by atoms with Crippen LogP contribution in [-0.4, -0.2) is 11.7 Å². The molecule has 0 radical (unpaired) electrons. The minimum atomic E-state index is 0.300. The first-order chi connectivity index (χ1) is 9.38. The maximum Gasteiger partial charge on any atom is 0.0968 e. The molecule has 0 aliphatic carbocycles. The van der Waals surface area contributed by atoms with E-state index in [4.69, 9.17) is 5.73 Å². The van der Waals surface area contributed by atoms with Crippen molar-refractivity contribution in [3.05, 3.63) is 72.3 Å². The lowest BCUT2D eigenvalue weighted by Gasteiger charge is -2.01. The van der Waals surface area contributed by atoms with Gasteiger partial charge in [0, 0.05) is 4.90 Å². The molecule has 3 heteroatoms. The van der Waals surface area contributed by atoms with Gasteiger partial charge in [0.15, 0.2) is 0 Å². The van der Waals surface area contributed by atoms with Gasteiger partial charge >= 0.3 is 0 Å². The Morgan fingerprint density at radius 3 is 2.26 bits per heavy atom. The maximum atomic E-state index is 5.52. The second kappa shape index (κ2) is 7.56. The van der Waals surface area contributed by atoms with Crippen molar-refractivity contribution in [1.29, 1.82) is 0 Å². The number of benzene rings is 2. The minimum absolute atomic E-state index is 0.300. The summed E-state index contributed by atoms with van der Waals surface area (Å²) < 4.78 is 0. The highest BCUT2D eigenvalue weighted by Gasteiger charge is 1.98. The summed E-state index contributed by atoms with van der Waals surface area (Å²) in [5.41, 5.74) is 6.67. The lowest BCUT2D eigenvalue weighted by atomic mass is 10.2. The predicted octanol–water partition coefficient (Wildman–Crippen LogP) is 3.81. The zero-order valence-electron chi connectivity index (χ0n) is 10.6. The quantitative estimate of drug-likeness (QED) is 0.520. The summed E-state index contributed by atoms with van der Waals surface area (Å²) >= 11 is 1.62. The molecule has 0 saturated carbocycles. The smallest absolute Gasteiger partial charge is 0.0968 e. The van der Waals surface area contributed by atoms with Crippen LogP contribution in [0.1, 0.15) is 5.56 Å². The molecule has 0 atom stereocenters. The Labute approximate surface area is 118 Å². The Morgan fingerprint density at radius 2 is 1.63 bits per heavy atom. The molecule has 2 N–H and O–H groups in total. The molecule has 2 aromatic rings. The van der Waals surface area contributed by atoms with E-state index in [1.54, 1.807) is 11.8 Å². The molecule has 0 heterocycles. The van der Waals surface area contributed by atoms with E-state index in [0.29, 0.717) is 6.67 Å². The first-order valence-electron chi connectivity index (χ1n) is 6.09. The number of aliphatic imine (C=N–C) groups is 1. The molecule has 2 aromatic carbocycles. The lowest BCUT2D eigenvalue weighted by Crippen LogP contribution is -1.98. The molecule has 0 aliphatic rings. The average molecular weight is 268 g/mol. The van der Waals surface area contributed by atoms with Gasteiger partial charge in [0.2, 0.25) is 0 Å². The first-order valence-corrected chi connectivity index (χ1v) is 6.90. The van der Waals surface area contributed by atoms with Crippen LogP contribution in [0.5, 0.6) is 0 Å². The van der Waals surface area contributed by atoms with E-state index in [2.05, 4.69) is 29.3 Å². The van der Waals surface area contributed by atoms with Gasteiger partial charge in [-0.25, -0.2) is 0 Å². The number of hydrogen-bond acceptors (Lipinski definition) is 3. The minimum Gasteiger partial charge on any atom is -0.312 e. The zero-order chi connectivity index (χ0) is 13.3. The number of rotatable bonds is 4. The Kier molecular flexibility index (Phi) is 5.41. The summed E-state index contributed by atoms with van der Waals surface area (Å²) in [4.78, 5) is 5.46. The van der Waals surface area contributed by atoms with Gasteiger partial charge in [0.25, 0.3) is 0 Å². The molecule has 19 heavy (non-hydrogen) atoms. The van der Waals surface area contributed by atoms with Crippen LogP contribution in [0, 0.1) is 0 Å². The van der Waals surface area contributed by atoms with Gasteiger partial charge in [0.05, 0.1) is 11.7 Å². The molecule has 0 unspecified atom stereocenters. The Balaban J connectivity index is 2.09. The Morgan fingerprint density at radius 1 is 1.00 bits per heavy atom. The maximum absolute atomic E-state index is 5.52. The molecule has 0 bridgehead atoms. The topological polar surface area (TPSA) is 38.4 Å². The van der Waals surface area contributed by atoms with Crippen LogP contribution >= 0.6 is 11.8 Å². The van der Waals surface area contributed by atoms with Crippen molar-refractivity contribution in [3.8, 4) is 0 Å². The normalized spacial score (nSPS) is 11.9. The number of nitrogens with zero attached hydrogens (tertiary/aromatic N) is 1. The highest BCUT2D eigenvalue weighted by molar-refractivity contribution is 8.14. The van der Waals surface area contributed by atoms with Crippen molar-refractivity contribution in [3.63, 3.8) is 0 Å². The molecule has 96 valence electrons. The van der Waals surface area contributed by atoms with E-state index in [0.717, 1.165) is 15.5 Å². The van der Waals surface area contributed by atoms with E-state index in [9.17, 15) is 0 Å². The van der Waals surface area contributed by atoms with Crippen molar-refractivity contribution in [2.24, 2.45) is 10.7 Å². The van der Waals surface area contributed by atoms with Crippen LogP contribution in [-0.2, 0) is 0 Å². The lowest BCUT2D eigenvalue weighted by molar-refractivity contribution is 1.08. The second-order valence-electron chi connectivity index (χ2n) is 3.84. The van der Waals surface area contributed by atoms with Gasteiger partial charge in [-0.3, -0.25) is 4.99 Å². The summed E-state index contributed by atoms with van der Waals surface area (Å²) in [7, 11) is 0. The molecule has 0 amide bonds. The summed E-state index contributed by atoms with van der Waals surface area (Å²) in [6.07, 6.45) is 4.05. The SMILES string of the molecule is NC/N=C(\C=C\c1ccccc1)Sc1ccccc1. The van der Waals surface area contributed by atoms with Crippen molar-refractivity contribution in [1.82, 2.24) is 0 Å². The summed E-state index contributed by atoms with van der Waals surface area (Å²) in [6, 6.07) is 20.3. The Bertz CT molecular complexity index is 547. The molecule has 0 aliphatic heterocycles. The van der Waals surface area contributed by atoms with Gasteiger partial charge in [0.1, 0.15) is 0 Å². The zero-order valence-corrected chi connectivity index (χ0v) is 11.4. The van der Waals surface area contributed by atoms with Crippen molar-refractivity contribution >= 4 is 22.9 Å². The van der Waals surface area contributed by atoms with Crippen molar-refractivity contribution in [2.45, 2.75) is 4.90 Å². The fraction of sp³-hybridized carbons (Fsp3) is 0.0625. The summed E-state index contributed by atoms with van der Waals surface area (Å²) in [5.74, 6) is 0. The van der Waals surface area contributed by atoms with E-state index in [1.165, 1.54) is 0 Å². The van der Waals surface area contributed by atoms with Crippen LogP contribution in [0.15, 0.2) is 76.6 Å².